The van der Waals surface area contributed by atoms with Crippen molar-refractivity contribution in [3.63, 3.8) is 0 Å². The second-order valence-corrected chi connectivity index (χ2v) is 8.16. The molecule has 36 heavy (non-hydrogen) atoms. The molecule has 1 atom stereocenters. The van der Waals surface area contributed by atoms with E-state index >= 15 is 0 Å². The van der Waals surface area contributed by atoms with Crippen molar-refractivity contribution in [2.45, 2.75) is 25.6 Å². The average molecular weight is 483 g/mol. The second kappa shape index (κ2) is 12.9. The van der Waals surface area contributed by atoms with Crippen molar-refractivity contribution in [1.82, 2.24) is 20.2 Å². The summed E-state index contributed by atoms with van der Waals surface area (Å²) in [6.45, 7) is 12.0. The number of hydrogen-bond acceptors (Lipinski definition) is 6. The molecule has 5 N–H and O–H groups in total. The summed E-state index contributed by atoms with van der Waals surface area (Å²) < 4.78 is 7.53. The van der Waals surface area contributed by atoms with E-state index in [1.54, 1.807) is 6.08 Å². The molecule has 1 heterocycles. The SMILES string of the molecule is C=C/C=C\C=C/CCC(N)OC(=N)C(=C)NCc1ccc(-n2cnc3cc(C(=C)NC)ccc32)cc1. The molecule has 0 saturated heterocycles. The van der Waals surface area contributed by atoms with Crippen molar-refractivity contribution in [3.05, 3.63) is 116 Å². The van der Waals surface area contributed by atoms with E-state index in [9.17, 15) is 0 Å². The standard InChI is InChI=1S/C29H34N6O/c1-5-6-7-8-9-10-11-28(30)36-29(31)22(3)33-19-23-12-15-25(16-13-23)35-20-34-26-18-24(21(2)32-4)14-17-27(26)35/h5-9,12-18,20,28,31-33H,1-3,10-11,19,30H2,4H3/b7-6-,9-8-,31-29?. The van der Waals surface area contributed by atoms with Gasteiger partial charge in [-0.05, 0) is 41.8 Å². The number of allylic oxidation sites excluding steroid dienone is 5. The van der Waals surface area contributed by atoms with Crippen molar-refractivity contribution < 1.29 is 4.74 Å². The van der Waals surface area contributed by atoms with Gasteiger partial charge in [-0.15, -0.1) is 0 Å². The molecule has 0 bridgehead atoms. The fourth-order valence-electron chi connectivity index (χ4n) is 3.47. The van der Waals surface area contributed by atoms with Gasteiger partial charge in [0.05, 0.1) is 16.7 Å². The molecule has 186 valence electrons. The Morgan fingerprint density at radius 1 is 1.17 bits per heavy atom. The summed E-state index contributed by atoms with van der Waals surface area (Å²) in [4.78, 5) is 4.54. The number of aromatic nitrogens is 2. The summed E-state index contributed by atoms with van der Waals surface area (Å²) in [6, 6.07) is 14.2. The molecule has 2 aromatic carbocycles. The van der Waals surface area contributed by atoms with E-state index in [-0.39, 0.29) is 5.90 Å². The zero-order valence-corrected chi connectivity index (χ0v) is 20.7. The lowest BCUT2D eigenvalue weighted by atomic mass is 10.1. The highest BCUT2D eigenvalue weighted by atomic mass is 16.5. The van der Waals surface area contributed by atoms with Crippen LogP contribution in [0.5, 0.6) is 0 Å². The molecular weight excluding hydrogens is 448 g/mol. The first-order chi connectivity index (χ1) is 17.4. The molecule has 1 aromatic heterocycles. The van der Waals surface area contributed by atoms with Gasteiger partial charge in [0.2, 0.25) is 5.90 Å². The van der Waals surface area contributed by atoms with Crippen molar-refractivity contribution >= 4 is 22.6 Å². The van der Waals surface area contributed by atoms with Gasteiger partial charge in [0.1, 0.15) is 12.6 Å². The maximum absolute atomic E-state index is 8.10. The van der Waals surface area contributed by atoms with E-state index in [1.807, 2.05) is 84.7 Å². The smallest absolute Gasteiger partial charge is 0.230 e. The van der Waals surface area contributed by atoms with E-state index in [0.29, 0.717) is 18.7 Å². The molecule has 0 radical (unpaired) electrons. The molecule has 3 rings (SSSR count). The third-order valence-electron chi connectivity index (χ3n) is 5.57. The largest absolute Gasteiger partial charge is 0.458 e. The van der Waals surface area contributed by atoms with Crippen LogP contribution in [-0.2, 0) is 11.3 Å². The monoisotopic (exact) mass is 482 g/mol. The molecule has 0 spiro atoms. The van der Waals surface area contributed by atoms with Crippen LogP contribution in [0.2, 0.25) is 0 Å². The molecule has 7 nitrogen and oxygen atoms in total. The van der Waals surface area contributed by atoms with Crippen LogP contribution in [-0.4, -0.2) is 28.7 Å². The summed E-state index contributed by atoms with van der Waals surface area (Å²) in [7, 11) is 1.85. The maximum atomic E-state index is 8.10. The van der Waals surface area contributed by atoms with Gasteiger partial charge < -0.3 is 15.4 Å². The highest BCUT2D eigenvalue weighted by Gasteiger charge is 2.10. The number of nitrogens with one attached hydrogen (secondary N) is 3. The summed E-state index contributed by atoms with van der Waals surface area (Å²) in [5.74, 6) is -0.0557. The molecule has 0 fully saturated rings. The van der Waals surface area contributed by atoms with E-state index in [2.05, 4.69) is 35.4 Å². The van der Waals surface area contributed by atoms with Crippen LogP contribution in [0.4, 0.5) is 0 Å². The number of nitrogens with zero attached hydrogens (tertiary/aromatic N) is 2. The minimum atomic E-state index is -0.569. The summed E-state index contributed by atoms with van der Waals surface area (Å²) in [6.07, 6.45) is 12.0. The van der Waals surface area contributed by atoms with E-state index in [0.717, 1.165) is 40.0 Å². The van der Waals surface area contributed by atoms with Gasteiger partial charge in [-0.3, -0.25) is 15.7 Å². The highest BCUT2D eigenvalue weighted by molar-refractivity contribution is 5.89. The fourth-order valence-corrected chi connectivity index (χ4v) is 3.47. The molecule has 0 aliphatic carbocycles. The first kappa shape index (κ1) is 26.2. The van der Waals surface area contributed by atoms with Crippen molar-refractivity contribution in [2.75, 3.05) is 7.05 Å². The first-order valence-corrected chi connectivity index (χ1v) is 11.7. The number of ether oxygens (including phenoxy) is 1. The Labute approximate surface area is 212 Å². The predicted molar refractivity (Wildman–Crippen MR) is 150 cm³/mol. The van der Waals surface area contributed by atoms with E-state index < -0.39 is 6.23 Å². The molecule has 7 heteroatoms. The van der Waals surface area contributed by atoms with E-state index in [1.165, 1.54) is 0 Å². The van der Waals surface area contributed by atoms with Crippen molar-refractivity contribution in [1.29, 1.82) is 5.41 Å². The topological polar surface area (TPSA) is 101 Å². The number of benzene rings is 2. The Bertz CT molecular complexity index is 1280. The van der Waals surface area contributed by atoms with Gasteiger partial charge in [-0.2, -0.15) is 0 Å². The number of rotatable bonds is 13. The Morgan fingerprint density at radius 3 is 2.67 bits per heavy atom. The van der Waals surface area contributed by atoms with Crippen LogP contribution in [0.3, 0.4) is 0 Å². The van der Waals surface area contributed by atoms with Crippen LogP contribution < -0.4 is 16.4 Å². The van der Waals surface area contributed by atoms with Gasteiger partial charge in [-0.25, -0.2) is 4.98 Å². The normalized spacial score (nSPS) is 12.1. The van der Waals surface area contributed by atoms with Crippen LogP contribution in [0.15, 0.2) is 105 Å². The lowest BCUT2D eigenvalue weighted by Gasteiger charge is -2.17. The molecule has 0 aliphatic heterocycles. The van der Waals surface area contributed by atoms with Crippen molar-refractivity contribution in [2.24, 2.45) is 5.73 Å². The zero-order chi connectivity index (χ0) is 25.9. The quantitative estimate of drug-likeness (QED) is 0.116. The first-order valence-electron chi connectivity index (χ1n) is 11.7. The van der Waals surface area contributed by atoms with Gasteiger partial charge in [0.15, 0.2) is 0 Å². The summed E-state index contributed by atoms with van der Waals surface area (Å²) >= 11 is 0. The van der Waals surface area contributed by atoms with Crippen LogP contribution in [0.1, 0.15) is 24.0 Å². The van der Waals surface area contributed by atoms with E-state index in [4.69, 9.17) is 15.9 Å². The van der Waals surface area contributed by atoms with Crippen LogP contribution >= 0.6 is 0 Å². The lowest BCUT2D eigenvalue weighted by molar-refractivity contribution is 0.184. The van der Waals surface area contributed by atoms with Gasteiger partial charge in [-0.1, -0.05) is 68.3 Å². The third kappa shape index (κ3) is 7.07. The Hall–Kier alpha value is -4.36. The minimum absolute atomic E-state index is 0.0557. The fraction of sp³-hybridized carbons (Fsp3) is 0.172. The van der Waals surface area contributed by atoms with Gasteiger partial charge in [0.25, 0.3) is 0 Å². The second-order valence-electron chi connectivity index (χ2n) is 8.16. The van der Waals surface area contributed by atoms with Gasteiger partial charge in [0, 0.05) is 31.4 Å². The Morgan fingerprint density at radius 2 is 1.94 bits per heavy atom. The number of hydrogen-bond donors (Lipinski definition) is 4. The molecular formula is C29H34N6O. The molecule has 1 unspecified atom stereocenters. The lowest BCUT2D eigenvalue weighted by Crippen LogP contribution is -2.30. The Balaban J connectivity index is 1.51. The Kier molecular flexibility index (Phi) is 9.42. The molecule has 0 amide bonds. The number of imidazole rings is 1. The zero-order valence-electron chi connectivity index (χ0n) is 20.7. The third-order valence-corrected chi connectivity index (χ3v) is 5.57. The molecule has 0 aliphatic rings. The van der Waals surface area contributed by atoms with Crippen LogP contribution in [0, 0.1) is 5.41 Å². The minimum Gasteiger partial charge on any atom is -0.458 e. The van der Waals surface area contributed by atoms with Crippen LogP contribution in [0.25, 0.3) is 22.4 Å². The van der Waals surface area contributed by atoms with Gasteiger partial charge >= 0.3 is 0 Å². The highest BCUT2D eigenvalue weighted by Crippen LogP contribution is 2.22. The predicted octanol–water partition coefficient (Wildman–Crippen LogP) is 5.18. The molecule has 3 aromatic rings. The number of fused-ring (bicyclic) bond motifs is 1. The molecule has 0 saturated carbocycles. The average Bonchev–Trinajstić information content (AvgIpc) is 3.32. The summed E-state index contributed by atoms with van der Waals surface area (Å²) in [5, 5.41) is 14.3. The number of nitrogens with two attached hydrogens (primary N) is 1. The summed E-state index contributed by atoms with van der Waals surface area (Å²) in [5.41, 5.74) is 12.2. The van der Waals surface area contributed by atoms with Crippen molar-refractivity contribution in [3.8, 4) is 5.69 Å². The maximum Gasteiger partial charge on any atom is 0.230 e.